The van der Waals surface area contributed by atoms with Gasteiger partial charge in [0.1, 0.15) is 0 Å². The molecule has 3 nitrogen and oxygen atoms in total. The summed E-state index contributed by atoms with van der Waals surface area (Å²) < 4.78 is 0. The average molecular weight is 128 g/mol. The van der Waals surface area contributed by atoms with Crippen molar-refractivity contribution in [2.24, 2.45) is 0 Å². The van der Waals surface area contributed by atoms with Crippen molar-refractivity contribution in [3.8, 4) is 0 Å². The van der Waals surface area contributed by atoms with Crippen LogP contribution in [0.25, 0.3) is 0 Å². The molecule has 2 bridgehead atoms. The predicted octanol–water partition coefficient (Wildman–Crippen LogP) is -1.32. The lowest BCUT2D eigenvalue weighted by molar-refractivity contribution is 0.186. The molecule has 0 amide bonds. The van der Waals surface area contributed by atoms with Crippen molar-refractivity contribution < 1.29 is 5.11 Å². The van der Waals surface area contributed by atoms with E-state index in [0.29, 0.717) is 6.04 Å². The molecule has 0 aromatic carbocycles. The fraction of sp³-hybridized carbons (Fsp3) is 1.00. The largest absolute Gasteiger partial charge is 0.394 e. The molecule has 0 radical (unpaired) electrons. The van der Waals surface area contributed by atoms with Gasteiger partial charge in [-0.25, -0.2) is 0 Å². The number of rotatable bonds is 1. The summed E-state index contributed by atoms with van der Waals surface area (Å²) in [6.45, 7) is 2.24. The maximum absolute atomic E-state index is 8.94. The predicted molar refractivity (Wildman–Crippen MR) is 34.2 cm³/mol. The summed E-state index contributed by atoms with van der Waals surface area (Å²) in [5.74, 6) is 0. The van der Waals surface area contributed by atoms with Crippen LogP contribution in [0, 0.1) is 0 Å². The van der Waals surface area contributed by atoms with Gasteiger partial charge in [0, 0.05) is 19.1 Å². The van der Waals surface area contributed by atoms with Gasteiger partial charge in [-0.1, -0.05) is 0 Å². The van der Waals surface area contributed by atoms with Gasteiger partial charge in [-0.05, 0) is 6.42 Å². The molecule has 3 N–H and O–H groups in total. The zero-order valence-electron chi connectivity index (χ0n) is 5.35. The minimum absolute atomic E-state index is 0.0463. The van der Waals surface area contributed by atoms with E-state index >= 15 is 0 Å². The zero-order valence-corrected chi connectivity index (χ0v) is 5.35. The van der Waals surface area contributed by atoms with Gasteiger partial charge < -0.3 is 15.7 Å². The van der Waals surface area contributed by atoms with Crippen LogP contribution >= 0.6 is 0 Å². The molecule has 0 saturated carbocycles. The van der Waals surface area contributed by atoms with Gasteiger partial charge in [0.15, 0.2) is 0 Å². The van der Waals surface area contributed by atoms with Crippen LogP contribution in [0.2, 0.25) is 0 Å². The first-order valence-corrected chi connectivity index (χ1v) is 3.44. The lowest BCUT2D eigenvalue weighted by Crippen LogP contribution is -2.51. The fourth-order valence-electron chi connectivity index (χ4n) is 1.75. The van der Waals surface area contributed by atoms with Crippen LogP contribution < -0.4 is 10.6 Å². The van der Waals surface area contributed by atoms with E-state index in [2.05, 4.69) is 10.6 Å². The molecule has 0 spiro atoms. The van der Waals surface area contributed by atoms with E-state index in [9.17, 15) is 0 Å². The third-order valence-corrected chi connectivity index (χ3v) is 2.39. The standard InChI is InChI=1S/C6H12N2O/c9-4-6-1-5(2-8-6)7-3-6/h5,7-9H,1-4H2. The van der Waals surface area contributed by atoms with Gasteiger partial charge in [0.2, 0.25) is 0 Å². The molecular weight excluding hydrogens is 116 g/mol. The third kappa shape index (κ3) is 0.689. The molecule has 2 aliphatic heterocycles. The normalized spacial score (nSPS) is 48.3. The van der Waals surface area contributed by atoms with Crippen molar-refractivity contribution in [2.45, 2.75) is 18.0 Å². The first-order valence-electron chi connectivity index (χ1n) is 3.44. The Kier molecular flexibility index (Phi) is 1.06. The lowest BCUT2D eigenvalue weighted by atomic mass is 10.0. The van der Waals surface area contributed by atoms with Crippen molar-refractivity contribution >= 4 is 0 Å². The average Bonchev–Trinajstić information content (AvgIpc) is 2.46. The van der Waals surface area contributed by atoms with Crippen LogP contribution in [0.4, 0.5) is 0 Å². The second-order valence-corrected chi connectivity index (χ2v) is 3.10. The molecular formula is C6H12N2O. The van der Waals surface area contributed by atoms with E-state index in [1.54, 1.807) is 0 Å². The molecule has 2 heterocycles. The molecule has 9 heavy (non-hydrogen) atoms. The quantitative estimate of drug-likeness (QED) is 0.410. The fourth-order valence-corrected chi connectivity index (χ4v) is 1.75. The topological polar surface area (TPSA) is 44.3 Å². The summed E-state index contributed by atoms with van der Waals surface area (Å²) in [7, 11) is 0. The Balaban J connectivity index is 2.13. The van der Waals surface area contributed by atoms with Crippen LogP contribution in [0.1, 0.15) is 6.42 Å². The number of fused-ring (bicyclic) bond motifs is 2. The highest BCUT2D eigenvalue weighted by Gasteiger charge is 2.43. The number of piperazine rings is 1. The summed E-state index contributed by atoms with van der Waals surface area (Å²) in [4.78, 5) is 0. The molecule has 0 aromatic heterocycles. The summed E-state index contributed by atoms with van der Waals surface area (Å²) >= 11 is 0. The maximum atomic E-state index is 8.94. The van der Waals surface area contributed by atoms with Crippen molar-refractivity contribution in [1.29, 1.82) is 0 Å². The van der Waals surface area contributed by atoms with Crippen molar-refractivity contribution in [1.82, 2.24) is 10.6 Å². The number of hydrogen-bond acceptors (Lipinski definition) is 3. The SMILES string of the molecule is OCC12CNC(CN1)C2. The van der Waals surface area contributed by atoms with Crippen molar-refractivity contribution in [3.63, 3.8) is 0 Å². The highest BCUT2D eigenvalue weighted by Crippen LogP contribution is 2.24. The molecule has 2 saturated heterocycles. The zero-order chi connectivity index (χ0) is 6.32. The number of hydrogen-bond donors (Lipinski definition) is 3. The van der Waals surface area contributed by atoms with Crippen molar-refractivity contribution in [2.75, 3.05) is 19.7 Å². The first-order chi connectivity index (χ1) is 4.35. The lowest BCUT2D eigenvalue weighted by Gasteiger charge is -2.24. The van der Waals surface area contributed by atoms with Gasteiger partial charge in [-0.3, -0.25) is 0 Å². The Labute approximate surface area is 54.4 Å². The molecule has 0 aromatic rings. The van der Waals surface area contributed by atoms with E-state index in [0.717, 1.165) is 19.5 Å². The van der Waals surface area contributed by atoms with Crippen LogP contribution in [0.15, 0.2) is 0 Å². The maximum Gasteiger partial charge on any atom is 0.0626 e. The second kappa shape index (κ2) is 1.68. The Bertz CT molecular complexity index is 118. The highest BCUT2D eigenvalue weighted by atomic mass is 16.3. The van der Waals surface area contributed by atoms with E-state index in [-0.39, 0.29) is 12.1 Å². The minimum atomic E-state index is 0.0463. The molecule has 2 aliphatic rings. The van der Waals surface area contributed by atoms with Gasteiger partial charge in [-0.15, -0.1) is 0 Å². The van der Waals surface area contributed by atoms with E-state index in [1.165, 1.54) is 0 Å². The van der Waals surface area contributed by atoms with Gasteiger partial charge in [0.25, 0.3) is 0 Å². The molecule has 0 aliphatic carbocycles. The monoisotopic (exact) mass is 128 g/mol. The van der Waals surface area contributed by atoms with Crippen LogP contribution in [0.3, 0.4) is 0 Å². The van der Waals surface area contributed by atoms with Crippen LogP contribution in [-0.4, -0.2) is 36.4 Å². The van der Waals surface area contributed by atoms with Gasteiger partial charge >= 0.3 is 0 Å². The van der Waals surface area contributed by atoms with Gasteiger partial charge in [0.05, 0.1) is 12.1 Å². The number of aliphatic hydroxyl groups is 1. The summed E-state index contributed by atoms with van der Waals surface area (Å²) in [6, 6.07) is 0.622. The molecule has 3 heteroatoms. The smallest absolute Gasteiger partial charge is 0.0626 e. The summed E-state index contributed by atoms with van der Waals surface area (Å²) in [6.07, 6.45) is 1.10. The molecule has 2 rings (SSSR count). The van der Waals surface area contributed by atoms with E-state index < -0.39 is 0 Å². The Hall–Kier alpha value is -0.120. The van der Waals surface area contributed by atoms with E-state index in [1.807, 2.05) is 0 Å². The molecule has 2 atom stereocenters. The second-order valence-electron chi connectivity index (χ2n) is 3.10. The number of aliphatic hydroxyl groups excluding tert-OH is 1. The molecule has 2 fully saturated rings. The molecule has 52 valence electrons. The molecule has 2 unspecified atom stereocenters. The van der Waals surface area contributed by atoms with Crippen LogP contribution in [-0.2, 0) is 0 Å². The summed E-state index contributed by atoms with van der Waals surface area (Å²) in [5, 5.41) is 15.6. The summed E-state index contributed by atoms with van der Waals surface area (Å²) in [5.41, 5.74) is 0.0463. The Morgan fingerprint density at radius 1 is 1.67 bits per heavy atom. The van der Waals surface area contributed by atoms with Crippen LogP contribution in [0.5, 0.6) is 0 Å². The van der Waals surface area contributed by atoms with Gasteiger partial charge in [-0.2, -0.15) is 0 Å². The first kappa shape index (κ1) is 5.65. The Morgan fingerprint density at radius 3 is 2.78 bits per heavy atom. The highest BCUT2D eigenvalue weighted by molar-refractivity contribution is 5.07. The Morgan fingerprint density at radius 2 is 2.56 bits per heavy atom. The van der Waals surface area contributed by atoms with E-state index in [4.69, 9.17) is 5.11 Å². The third-order valence-electron chi connectivity index (χ3n) is 2.39. The van der Waals surface area contributed by atoms with Crippen molar-refractivity contribution in [3.05, 3.63) is 0 Å². The number of nitrogens with one attached hydrogen (secondary N) is 2. The minimum Gasteiger partial charge on any atom is -0.394 e.